The second kappa shape index (κ2) is 15.8. The molecular weight excluding hydrogens is 581 g/mol. The molecule has 1 heterocycles. The fraction of sp³-hybridized carbons (Fsp3) is 0.805. The molecule has 0 aromatic carbocycles. The summed E-state index contributed by atoms with van der Waals surface area (Å²) in [5.41, 5.74) is 5.62. The van der Waals surface area contributed by atoms with Crippen molar-refractivity contribution in [3.63, 3.8) is 0 Å². The highest BCUT2D eigenvalue weighted by atomic mass is 28.3. The lowest BCUT2D eigenvalue weighted by molar-refractivity contribution is -0.144. The van der Waals surface area contributed by atoms with Crippen LogP contribution < -0.4 is 0 Å². The SMILES string of the molecule is CC1=C(CCC(=O)N(C)CCCCCCCc2ccccn2)C2CCC3C(C)(C)[C@@H](O[Si](C(C)C)C(C)(C)C)CC[C@]3(C)C2CC1. The van der Waals surface area contributed by atoms with Gasteiger partial charge in [0.1, 0.15) is 0 Å². The van der Waals surface area contributed by atoms with Gasteiger partial charge in [0.25, 0.3) is 0 Å². The van der Waals surface area contributed by atoms with E-state index in [4.69, 9.17) is 4.43 Å². The number of nitrogens with zero attached hydrogens (tertiary/aromatic N) is 2. The van der Waals surface area contributed by atoms with Crippen LogP contribution in [0.3, 0.4) is 0 Å². The van der Waals surface area contributed by atoms with Gasteiger partial charge >= 0.3 is 0 Å². The Morgan fingerprint density at radius 2 is 1.74 bits per heavy atom. The van der Waals surface area contributed by atoms with Gasteiger partial charge in [-0.2, -0.15) is 0 Å². The second-order valence-electron chi connectivity index (χ2n) is 17.6. The van der Waals surface area contributed by atoms with Crippen molar-refractivity contribution in [3.8, 4) is 0 Å². The molecule has 0 saturated heterocycles. The van der Waals surface area contributed by atoms with Gasteiger partial charge < -0.3 is 9.33 Å². The van der Waals surface area contributed by atoms with Crippen molar-refractivity contribution in [1.82, 2.24) is 9.88 Å². The number of pyridine rings is 1. The van der Waals surface area contributed by atoms with Crippen LogP contribution in [0.2, 0.25) is 10.6 Å². The van der Waals surface area contributed by atoms with Crippen LogP contribution in [-0.2, 0) is 15.6 Å². The Hall–Kier alpha value is -1.46. The molecule has 1 aromatic rings. The first-order valence-electron chi connectivity index (χ1n) is 19.0. The maximum absolute atomic E-state index is 13.3. The molecule has 2 fully saturated rings. The average Bonchev–Trinajstić information content (AvgIpc) is 2.98. The molecule has 1 aromatic heterocycles. The third-order valence-corrected chi connectivity index (χ3v) is 15.7. The molecule has 0 spiro atoms. The van der Waals surface area contributed by atoms with Crippen molar-refractivity contribution in [2.75, 3.05) is 13.6 Å². The van der Waals surface area contributed by atoms with E-state index in [1.165, 1.54) is 69.9 Å². The maximum atomic E-state index is 13.3. The summed E-state index contributed by atoms with van der Waals surface area (Å²) in [5, 5.41) is 0.250. The van der Waals surface area contributed by atoms with E-state index in [1.807, 2.05) is 24.2 Å². The van der Waals surface area contributed by atoms with E-state index < -0.39 is 9.04 Å². The third-order valence-electron chi connectivity index (χ3n) is 12.6. The second-order valence-corrected chi connectivity index (χ2v) is 21.2. The lowest BCUT2D eigenvalue weighted by Crippen LogP contribution is -2.58. The highest BCUT2D eigenvalue weighted by molar-refractivity contribution is 6.56. The highest BCUT2D eigenvalue weighted by Crippen LogP contribution is 2.65. The van der Waals surface area contributed by atoms with Crippen LogP contribution >= 0.6 is 0 Å². The van der Waals surface area contributed by atoms with Gasteiger partial charge in [-0.25, -0.2) is 0 Å². The largest absolute Gasteiger partial charge is 0.412 e. The molecule has 259 valence electrons. The average molecular weight is 650 g/mol. The molecule has 5 atom stereocenters. The van der Waals surface area contributed by atoms with Gasteiger partial charge in [0, 0.05) is 31.9 Å². The van der Waals surface area contributed by atoms with Crippen molar-refractivity contribution >= 4 is 14.9 Å². The predicted octanol–water partition coefficient (Wildman–Crippen LogP) is 11.0. The fourth-order valence-electron chi connectivity index (χ4n) is 10.2. The Kier molecular flexibility index (Phi) is 12.9. The van der Waals surface area contributed by atoms with Crippen LogP contribution in [0.4, 0.5) is 0 Å². The van der Waals surface area contributed by atoms with Crippen LogP contribution in [0.1, 0.15) is 151 Å². The van der Waals surface area contributed by atoms with Crippen LogP contribution in [0.15, 0.2) is 35.5 Å². The molecule has 3 unspecified atom stereocenters. The summed E-state index contributed by atoms with van der Waals surface area (Å²) in [6.07, 6.45) is 18.6. The number of aromatic nitrogens is 1. The van der Waals surface area contributed by atoms with E-state index in [2.05, 4.69) is 79.4 Å². The topological polar surface area (TPSA) is 42.4 Å². The van der Waals surface area contributed by atoms with Gasteiger partial charge in [-0.3, -0.25) is 9.78 Å². The molecule has 46 heavy (non-hydrogen) atoms. The number of carbonyl (C=O) groups excluding carboxylic acids is 1. The zero-order chi connectivity index (χ0) is 33.7. The van der Waals surface area contributed by atoms with E-state index in [9.17, 15) is 4.79 Å². The van der Waals surface area contributed by atoms with Gasteiger partial charge in [-0.15, -0.1) is 0 Å². The Labute approximate surface area is 285 Å². The van der Waals surface area contributed by atoms with Crippen molar-refractivity contribution < 1.29 is 9.22 Å². The van der Waals surface area contributed by atoms with Crippen LogP contribution in [0.5, 0.6) is 0 Å². The van der Waals surface area contributed by atoms with Crippen LogP contribution in [-0.4, -0.2) is 44.5 Å². The normalized spacial score (nSPS) is 27.9. The number of hydrogen-bond donors (Lipinski definition) is 0. The first-order chi connectivity index (χ1) is 21.7. The minimum atomic E-state index is -0.931. The summed E-state index contributed by atoms with van der Waals surface area (Å²) in [6, 6.07) is 6.17. The molecule has 1 amide bonds. The standard InChI is InChI=1S/C41H69N2O2Si/c1-30(2)46(39(4,5)6)45-37-26-27-41(9)35-23-20-31(3)33(34(35)21-24-36(41)40(37,7)8)22-25-38(44)43(10)29-17-13-11-12-14-18-32-19-15-16-28-42-32/h15-16,19,28,30,34-37H,11-14,17-18,20-27,29H2,1-10H3/t34?,35?,36?,37-,41+/m0/s1. The summed E-state index contributed by atoms with van der Waals surface area (Å²) in [7, 11) is 1.09. The molecule has 4 nitrogen and oxygen atoms in total. The van der Waals surface area contributed by atoms with E-state index in [0.717, 1.165) is 31.7 Å². The number of aryl methyl sites for hydroxylation is 1. The zero-order valence-electron chi connectivity index (χ0n) is 31.5. The van der Waals surface area contributed by atoms with Crippen molar-refractivity contribution in [3.05, 3.63) is 41.2 Å². The first kappa shape index (κ1) is 37.4. The number of rotatable bonds is 14. The lowest BCUT2D eigenvalue weighted by atomic mass is 9.43. The molecule has 2 saturated carbocycles. The van der Waals surface area contributed by atoms with Crippen LogP contribution in [0.25, 0.3) is 0 Å². The number of fused-ring (bicyclic) bond motifs is 3. The number of allylic oxidation sites excluding steroid dienone is 2. The molecule has 0 aliphatic heterocycles. The predicted molar refractivity (Wildman–Crippen MR) is 196 cm³/mol. The summed E-state index contributed by atoms with van der Waals surface area (Å²) in [5.74, 6) is 2.45. The summed E-state index contributed by atoms with van der Waals surface area (Å²) < 4.78 is 7.21. The molecule has 0 N–H and O–H groups in total. The quantitative estimate of drug-likeness (QED) is 0.114. The lowest BCUT2D eigenvalue weighted by Gasteiger charge is -2.63. The number of amides is 1. The monoisotopic (exact) mass is 650 g/mol. The Morgan fingerprint density at radius 3 is 2.41 bits per heavy atom. The van der Waals surface area contributed by atoms with Crippen LogP contribution in [0, 0.1) is 28.6 Å². The number of unbranched alkanes of at least 4 members (excludes halogenated alkanes) is 4. The van der Waals surface area contributed by atoms with Gasteiger partial charge in [-0.05, 0) is 122 Å². The number of carbonyl (C=O) groups is 1. The van der Waals surface area contributed by atoms with E-state index >= 15 is 0 Å². The summed E-state index contributed by atoms with van der Waals surface area (Å²) in [4.78, 5) is 19.7. The van der Waals surface area contributed by atoms with Crippen molar-refractivity contribution in [2.45, 2.75) is 169 Å². The molecular formula is C41H69N2O2Si. The smallest absolute Gasteiger partial charge is 0.222 e. The Morgan fingerprint density at radius 1 is 1.02 bits per heavy atom. The maximum Gasteiger partial charge on any atom is 0.222 e. The van der Waals surface area contributed by atoms with E-state index in [1.54, 1.807) is 11.1 Å². The summed E-state index contributed by atoms with van der Waals surface area (Å²) in [6.45, 7) is 22.9. The summed E-state index contributed by atoms with van der Waals surface area (Å²) >= 11 is 0. The molecule has 0 bridgehead atoms. The fourth-order valence-corrected chi connectivity index (χ4v) is 13.3. The molecule has 3 aliphatic rings. The Bertz CT molecular complexity index is 1150. The zero-order valence-corrected chi connectivity index (χ0v) is 32.5. The molecule has 3 aliphatic carbocycles. The van der Waals surface area contributed by atoms with Gasteiger partial charge in [0.15, 0.2) is 0 Å². The van der Waals surface area contributed by atoms with Gasteiger partial charge in [-0.1, -0.05) is 91.9 Å². The molecule has 5 heteroatoms. The number of hydrogen-bond acceptors (Lipinski definition) is 3. The minimum absolute atomic E-state index is 0.197. The van der Waals surface area contributed by atoms with E-state index in [-0.39, 0.29) is 10.5 Å². The van der Waals surface area contributed by atoms with Gasteiger partial charge in [0.05, 0.1) is 6.10 Å². The van der Waals surface area contributed by atoms with Gasteiger partial charge in [0.2, 0.25) is 14.9 Å². The molecule has 4 rings (SSSR count). The van der Waals surface area contributed by atoms with E-state index in [0.29, 0.717) is 41.2 Å². The Balaban J connectivity index is 1.27. The van der Waals surface area contributed by atoms with Crippen molar-refractivity contribution in [2.24, 2.45) is 28.6 Å². The third kappa shape index (κ3) is 8.76. The van der Waals surface area contributed by atoms with Crippen molar-refractivity contribution in [1.29, 1.82) is 0 Å². The highest BCUT2D eigenvalue weighted by Gasteiger charge is 2.59. The molecule has 1 radical (unpaired) electrons. The first-order valence-corrected chi connectivity index (χ1v) is 20.5. The minimum Gasteiger partial charge on any atom is -0.412 e.